The second-order valence-electron chi connectivity index (χ2n) is 18.8. The lowest BCUT2D eigenvalue weighted by Gasteiger charge is -2.08. The number of carbonyl (C=O) groups excluding carboxylic acids is 2. The maximum absolute atomic E-state index is 10.9. The minimum atomic E-state index is -1.22. The molecule has 0 fully saturated rings. The average Bonchev–Trinajstić information content (AvgIpc) is 1.78. The molecule has 25 N–H and O–H groups in total. The molecule has 0 aromatic carbocycles. The van der Waals surface area contributed by atoms with Crippen molar-refractivity contribution in [1.82, 2.24) is 51.3 Å². The van der Waals surface area contributed by atoms with E-state index in [9.17, 15) is 43.2 Å². The Morgan fingerprint density at radius 1 is 0.495 bits per heavy atom. The summed E-state index contributed by atoms with van der Waals surface area (Å²) in [6.45, 7) is 0.424. The van der Waals surface area contributed by atoms with Gasteiger partial charge >= 0.3 is 53.9 Å². The quantitative estimate of drug-likeness (QED) is 0.0113. The number of carboxylic acid groups (broad SMARTS) is 7. The number of amides is 3. The molecule has 7 atom stereocenters. The van der Waals surface area contributed by atoms with Gasteiger partial charge in [0.2, 0.25) is 0 Å². The number of oxazole rings is 2. The van der Waals surface area contributed by atoms with E-state index in [0.717, 1.165) is 4.88 Å². The molecule has 0 radical (unpaired) electrons. The van der Waals surface area contributed by atoms with Gasteiger partial charge in [0.15, 0.2) is 11.8 Å². The minimum Gasteiger partial charge on any atom is -0.480 e. The summed E-state index contributed by atoms with van der Waals surface area (Å²) in [5.74, 6) is -7.07. The van der Waals surface area contributed by atoms with E-state index in [4.69, 9.17) is 123 Å². The molecule has 5 heterocycles. The van der Waals surface area contributed by atoms with Gasteiger partial charge in [-0.1, -0.05) is 35.8 Å². The van der Waals surface area contributed by atoms with E-state index in [-0.39, 0.29) is 116 Å². The van der Waals surface area contributed by atoms with Crippen LogP contribution >= 0.6 is 22.7 Å². The number of thiazole rings is 2. The third-order valence-corrected chi connectivity index (χ3v) is 12.7. The fourth-order valence-electron chi connectivity index (χ4n) is 5.71. The van der Waals surface area contributed by atoms with Crippen molar-refractivity contribution in [3.63, 3.8) is 0 Å². The summed E-state index contributed by atoms with van der Waals surface area (Å²) in [5, 5.41) is 102. The summed E-state index contributed by atoms with van der Waals surface area (Å²) in [7, 11) is 0. The highest BCUT2D eigenvalue weighted by molar-refractivity contribution is 7.11. The Bertz CT molecular complexity index is 3550. The molecular formula is C46H68N38O19S2. The molecule has 0 aliphatic rings. The maximum Gasteiger partial charge on any atom is 0.407 e. The number of nitrogens with one attached hydrogen (secondary N) is 4. The van der Waals surface area contributed by atoms with Crippen molar-refractivity contribution in [1.29, 1.82) is 0 Å². The Morgan fingerprint density at radius 2 is 0.952 bits per heavy atom. The lowest BCUT2D eigenvalue weighted by atomic mass is 10.1. The van der Waals surface area contributed by atoms with Crippen LogP contribution in [0.2, 0.25) is 0 Å². The number of hydrogen-bond donors (Lipinski definition) is 18. The van der Waals surface area contributed by atoms with Gasteiger partial charge in [-0.2, -0.15) is 15.4 Å². The molecule has 57 nitrogen and oxygen atoms in total. The summed E-state index contributed by atoms with van der Waals surface area (Å²) >= 11 is 2.61. The molecule has 0 unspecified atom stereocenters. The van der Waals surface area contributed by atoms with Crippen LogP contribution in [-0.2, 0) is 103 Å². The summed E-state index contributed by atoms with van der Waals surface area (Å²) in [4.78, 5) is 129. The maximum atomic E-state index is 10.9. The van der Waals surface area contributed by atoms with Crippen LogP contribution in [0.5, 0.6) is 0 Å². The molecule has 105 heavy (non-hydrogen) atoms. The van der Waals surface area contributed by atoms with Gasteiger partial charge in [0, 0.05) is 96.3 Å². The Labute approximate surface area is 593 Å². The van der Waals surface area contributed by atoms with Crippen LogP contribution in [0.25, 0.3) is 73.1 Å². The smallest absolute Gasteiger partial charge is 0.407 e. The predicted molar refractivity (Wildman–Crippen MR) is 354 cm³/mol. The number of carboxylic acids is 7. The highest BCUT2D eigenvalue weighted by Gasteiger charge is 2.20. The molecular weight excluding hydrogens is 1450 g/mol. The first kappa shape index (κ1) is 93.6. The first-order chi connectivity index (χ1) is 49.8. The number of aromatic amines is 1. The molecule has 59 heteroatoms. The van der Waals surface area contributed by atoms with Gasteiger partial charge in [0.1, 0.15) is 54.3 Å². The lowest BCUT2D eigenvalue weighted by molar-refractivity contribution is -0.139. The second kappa shape index (κ2) is 56.3. The van der Waals surface area contributed by atoms with Crippen molar-refractivity contribution >= 4 is 76.6 Å². The zero-order valence-electron chi connectivity index (χ0n) is 54.1. The van der Waals surface area contributed by atoms with Crippen molar-refractivity contribution in [2.24, 2.45) is 75.9 Å². The van der Waals surface area contributed by atoms with Crippen molar-refractivity contribution in [2.45, 2.75) is 107 Å². The highest BCUT2D eigenvalue weighted by atomic mass is 32.1. The first-order valence-corrected chi connectivity index (χ1v) is 30.0. The Kier molecular flexibility index (Phi) is 50.2. The molecule has 5 aromatic rings. The van der Waals surface area contributed by atoms with Crippen molar-refractivity contribution in [2.75, 3.05) is 39.3 Å². The van der Waals surface area contributed by atoms with Crippen LogP contribution in [0.15, 0.2) is 68.7 Å². The number of urea groups is 1. The number of ether oxygens (including phenoxy) is 1. The number of alkyl carbamates (subject to hydrolysis) is 1. The van der Waals surface area contributed by atoms with E-state index in [1.54, 1.807) is 11.6 Å². The zero-order chi connectivity index (χ0) is 79.7. The fourth-order valence-corrected chi connectivity index (χ4v) is 7.45. The standard InChI is InChI=1S/2C7H9N5O3.2C7H9N5O2S.C6H9N7O2.C6H12N6O3.C6H11N5O4/c8-5(7(13)14)1-6-11-4(3-15-6)2-10-12-9;8-5(7(13)14)1-6-10-2-4(15-6)3-11-12-9;8-5(7(13)14)1-6-11-4(3-15-6)2-10-12-9;8-5(7(13)14)1-6-10-2-4(15-6)3-11-12-9;7-3(6(14)15)1-4-5(2-9-12-8)11-13-10-4;7-4(5(13)14)3-10-6(15)9-1-2-11-12-8;7-4(5(12)13)3-9-6(14)15-2-1-10-11-8/h3,5H,1-2,8H2,(H,13,14);2,5H,1,3,8H2,(H,13,14);3,5H,1-2,8H2,(H,13,14);2,5H,1,3,8H2,(H,13,14);3H,1-2,7H2,(H,14,15)(H,10,11,13);4H,1-3,7H2,(H,13,14)(H2,9,10,15);4H,1-3,7H2,(H,9,14)(H,12,13)/t4*5-;3-;2*4-/m0000000/s1. The van der Waals surface area contributed by atoms with Crippen LogP contribution < -0.4 is 56.1 Å². The summed E-state index contributed by atoms with van der Waals surface area (Å²) < 4.78 is 14.5. The number of nitrogens with two attached hydrogens (primary N) is 7. The third kappa shape index (κ3) is 47.3. The molecule has 0 bridgehead atoms. The topological polar surface area (TPSA) is 983 Å². The van der Waals surface area contributed by atoms with Crippen molar-refractivity contribution < 1.29 is 92.5 Å². The van der Waals surface area contributed by atoms with E-state index in [2.05, 4.69) is 126 Å². The third-order valence-electron chi connectivity index (χ3n) is 10.8. The molecule has 0 spiro atoms. The number of aliphatic carboxylic acids is 7. The lowest BCUT2D eigenvalue weighted by Crippen LogP contribution is -2.46. The van der Waals surface area contributed by atoms with Gasteiger partial charge in [-0.25, -0.2) is 29.5 Å². The SMILES string of the molecule is [N-]=[N+]=NCCNC(=O)NC[C@H](N)C(=O)O.[N-]=[N+]=NCCOC(=O)NC[C@H](N)C(=O)O.[N-]=[N+]=NCc1cnc(C[C@H](N)C(=O)O)o1.[N-]=[N+]=NCc1cnc(C[C@H](N)C(=O)O)s1.[N-]=[N+]=NCc1coc(C[C@H](N)C(=O)O)n1.[N-]=[N+]=NCc1csc(C[C@H](N)C(=O)O)n1.[N-]=[N+]=NCc1n[nH]nc1C[C@H](N)C(=O)O. The molecule has 5 rings (SSSR count). The Morgan fingerprint density at radius 3 is 1.50 bits per heavy atom. The molecule has 0 aliphatic heterocycles. The van der Waals surface area contributed by atoms with Crippen molar-refractivity contribution in [3.05, 3.63) is 152 Å². The summed E-state index contributed by atoms with van der Waals surface area (Å²) in [6, 6.07) is -7.87. The number of H-pyrrole nitrogens is 1. The molecule has 5 aromatic heterocycles. The molecule has 0 saturated carbocycles. The first-order valence-electron chi connectivity index (χ1n) is 28.3. The monoisotopic (exact) mass is 1520 g/mol. The van der Waals surface area contributed by atoms with E-state index >= 15 is 0 Å². The normalized spacial score (nSPS) is 11.6. The molecule has 568 valence electrons. The number of rotatable bonds is 37. The van der Waals surface area contributed by atoms with E-state index in [0.29, 0.717) is 38.6 Å². The van der Waals surface area contributed by atoms with Gasteiger partial charge < -0.3 is 105 Å². The fraction of sp³-hybridized carbons (Fsp3) is 0.500. The molecule has 0 saturated heterocycles. The van der Waals surface area contributed by atoms with E-state index in [1.807, 2.05) is 0 Å². The molecule has 3 amide bonds. The van der Waals surface area contributed by atoms with Gasteiger partial charge in [-0.3, -0.25) is 33.6 Å². The second-order valence-corrected chi connectivity index (χ2v) is 20.9. The van der Waals surface area contributed by atoms with Crippen LogP contribution in [0.3, 0.4) is 0 Å². The number of carbonyl (C=O) groups is 9. The van der Waals surface area contributed by atoms with Crippen molar-refractivity contribution in [3.8, 4) is 0 Å². The number of azide groups is 7. The van der Waals surface area contributed by atoms with Crippen LogP contribution in [0.1, 0.15) is 55.2 Å². The summed E-state index contributed by atoms with van der Waals surface area (Å²) in [6.07, 6.45) is 3.87. The van der Waals surface area contributed by atoms with Crippen LogP contribution in [0.4, 0.5) is 9.59 Å². The number of hydrogen-bond acceptors (Lipinski definition) is 34. The van der Waals surface area contributed by atoms with Crippen LogP contribution in [0, 0.1) is 0 Å². The summed E-state index contributed by atoms with van der Waals surface area (Å²) in [5.41, 5.74) is 94.9. The van der Waals surface area contributed by atoms with Gasteiger partial charge in [-0.05, 0) is 38.7 Å². The average molecular weight is 1520 g/mol. The minimum absolute atomic E-state index is 0.00556. The number of aromatic nitrogens is 7. The molecule has 0 aliphatic carbocycles. The van der Waals surface area contributed by atoms with Gasteiger partial charge in [0.25, 0.3) is 0 Å². The van der Waals surface area contributed by atoms with Crippen LogP contribution in [-0.4, -0.2) is 207 Å². The Hall–Kier alpha value is -13.5. The Balaban J connectivity index is 0. The largest absolute Gasteiger partial charge is 0.480 e. The zero-order valence-corrected chi connectivity index (χ0v) is 55.8. The number of nitrogens with zero attached hydrogens (tertiary/aromatic N) is 27. The van der Waals surface area contributed by atoms with Gasteiger partial charge in [0.05, 0.1) is 97.7 Å². The van der Waals surface area contributed by atoms with E-state index < -0.39 is 96.2 Å². The highest BCUT2D eigenvalue weighted by Crippen LogP contribution is 2.16. The predicted octanol–water partition coefficient (Wildman–Crippen LogP) is 0.706. The van der Waals surface area contributed by atoms with E-state index in [1.165, 1.54) is 35.1 Å². The van der Waals surface area contributed by atoms with Gasteiger partial charge in [-0.15, -0.1) is 22.7 Å².